The first-order valence-electron chi connectivity index (χ1n) is 6.32. The van der Waals surface area contributed by atoms with Crippen LogP contribution in [0.15, 0.2) is 54.9 Å². The van der Waals surface area contributed by atoms with Gasteiger partial charge >= 0.3 is 6.03 Å². The number of nitrogens with zero attached hydrogens (tertiary/aromatic N) is 2. The van der Waals surface area contributed by atoms with Crippen molar-refractivity contribution in [2.45, 2.75) is 12.6 Å². The zero-order valence-corrected chi connectivity index (χ0v) is 10.5. The van der Waals surface area contributed by atoms with Crippen LogP contribution in [0.5, 0.6) is 0 Å². The van der Waals surface area contributed by atoms with Gasteiger partial charge in [0.05, 0.1) is 6.04 Å². The lowest BCUT2D eigenvalue weighted by Gasteiger charge is -2.14. The molecule has 0 saturated carbocycles. The molecule has 4 heteroatoms. The highest BCUT2D eigenvalue weighted by molar-refractivity contribution is 5.77. The number of pyridine rings is 1. The van der Waals surface area contributed by atoms with Crippen LogP contribution in [0.1, 0.15) is 17.2 Å². The summed E-state index contributed by atoms with van der Waals surface area (Å²) in [5, 5.41) is 3.01. The van der Waals surface area contributed by atoms with Gasteiger partial charge in [0.15, 0.2) is 0 Å². The second kappa shape index (κ2) is 5.10. The van der Waals surface area contributed by atoms with E-state index in [0.717, 1.165) is 11.1 Å². The molecule has 0 radical (unpaired) electrons. The number of aromatic nitrogens is 1. The van der Waals surface area contributed by atoms with Gasteiger partial charge in [-0.2, -0.15) is 0 Å². The molecule has 2 amide bonds. The summed E-state index contributed by atoms with van der Waals surface area (Å²) in [4.78, 5) is 17.8. The highest BCUT2D eigenvalue weighted by atomic mass is 16.2. The molecule has 1 aliphatic heterocycles. The fourth-order valence-electron chi connectivity index (χ4n) is 2.31. The average molecular weight is 253 g/mol. The van der Waals surface area contributed by atoms with Crippen molar-refractivity contribution in [1.29, 1.82) is 0 Å². The third-order valence-electron chi connectivity index (χ3n) is 3.31. The molecule has 0 aliphatic carbocycles. The van der Waals surface area contributed by atoms with E-state index in [1.54, 1.807) is 12.4 Å². The molecule has 1 fully saturated rings. The molecule has 1 aromatic heterocycles. The predicted molar refractivity (Wildman–Crippen MR) is 72.4 cm³/mol. The van der Waals surface area contributed by atoms with Crippen molar-refractivity contribution in [3.8, 4) is 0 Å². The maximum Gasteiger partial charge on any atom is 0.318 e. The number of nitrogens with one attached hydrogen (secondary N) is 1. The minimum absolute atomic E-state index is 0.00864. The Morgan fingerprint density at radius 2 is 1.89 bits per heavy atom. The number of hydrogen-bond donors (Lipinski definition) is 1. The van der Waals surface area contributed by atoms with Crippen LogP contribution >= 0.6 is 0 Å². The third kappa shape index (κ3) is 2.57. The maximum absolute atomic E-state index is 12.0. The fraction of sp³-hybridized carbons (Fsp3) is 0.200. The van der Waals surface area contributed by atoms with Crippen LogP contribution in [0.25, 0.3) is 0 Å². The SMILES string of the molecule is O=C1N[C@H](c2ccccc2)CN1Cc1ccncc1. The summed E-state index contributed by atoms with van der Waals surface area (Å²) in [7, 11) is 0. The van der Waals surface area contributed by atoms with Crippen LogP contribution in [0.3, 0.4) is 0 Å². The first-order valence-corrected chi connectivity index (χ1v) is 6.32. The van der Waals surface area contributed by atoms with Gasteiger partial charge in [-0.15, -0.1) is 0 Å². The van der Waals surface area contributed by atoms with E-state index in [4.69, 9.17) is 0 Å². The second-order valence-corrected chi connectivity index (χ2v) is 4.65. The third-order valence-corrected chi connectivity index (χ3v) is 3.31. The minimum atomic E-state index is -0.00864. The molecule has 0 unspecified atom stereocenters. The molecule has 3 rings (SSSR count). The highest BCUT2D eigenvalue weighted by Crippen LogP contribution is 2.21. The highest BCUT2D eigenvalue weighted by Gasteiger charge is 2.29. The summed E-state index contributed by atoms with van der Waals surface area (Å²) in [5.74, 6) is 0. The number of benzene rings is 1. The second-order valence-electron chi connectivity index (χ2n) is 4.65. The molecule has 1 aromatic carbocycles. The van der Waals surface area contributed by atoms with Crippen LogP contribution in [-0.4, -0.2) is 22.5 Å². The van der Waals surface area contributed by atoms with Gasteiger partial charge in [0.2, 0.25) is 0 Å². The Morgan fingerprint density at radius 1 is 1.16 bits per heavy atom. The molecule has 1 atom stereocenters. The summed E-state index contributed by atoms with van der Waals surface area (Å²) in [6, 6.07) is 14.0. The van der Waals surface area contributed by atoms with Crippen LogP contribution < -0.4 is 5.32 Å². The van der Waals surface area contributed by atoms with Gasteiger partial charge in [-0.05, 0) is 23.3 Å². The van der Waals surface area contributed by atoms with Gasteiger partial charge in [-0.1, -0.05) is 30.3 Å². The molecular weight excluding hydrogens is 238 g/mol. The first-order chi connectivity index (χ1) is 9.33. The van der Waals surface area contributed by atoms with E-state index in [1.165, 1.54) is 0 Å². The lowest BCUT2D eigenvalue weighted by atomic mass is 10.1. The number of amides is 2. The molecule has 1 aliphatic rings. The molecule has 1 N–H and O–H groups in total. The Labute approximate surface area is 112 Å². The summed E-state index contributed by atoms with van der Waals surface area (Å²) in [5.41, 5.74) is 2.24. The average Bonchev–Trinajstić information content (AvgIpc) is 2.82. The summed E-state index contributed by atoms with van der Waals surface area (Å²) in [6.07, 6.45) is 3.50. The predicted octanol–water partition coefficient (Wildman–Crippen LogP) is 2.35. The minimum Gasteiger partial charge on any atom is -0.329 e. The van der Waals surface area contributed by atoms with Crippen LogP contribution in [0, 0.1) is 0 Å². The normalized spacial score (nSPS) is 18.4. The Balaban J connectivity index is 1.71. The Morgan fingerprint density at radius 3 is 2.63 bits per heavy atom. The molecule has 96 valence electrons. The fourth-order valence-corrected chi connectivity index (χ4v) is 2.31. The van der Waals surface area contributed by atoms with Crippen molar-refractivity contribution in [1.82, 2.24) is 15.2 Å². The lowest BCUT2D eigenvalue weighted by molar-refractivity contribution is 0.215. The number of carbonyl (C=O) groups excluding carboxylic acids is 1. The number of rotatable bonds is 3. The summed E-state index contributed by atoms with van der Waals surface area (Å²) >= 11 is 0. The molecule has 2 heterocycles. The summed E-state index contributed by atoms with van der Waals surface area (Å²) in [6.45, 7) is 1.32. The van der Waals surface area contributed by atoms with Crippen LogP contribution in [-0.2, 0) is 6.54 Å². The maximum atomic E-state index is 12.0. The smallest absolute Gasteiger partial charge is 0.318 e. The first kappa shape index (κ1) is 11.7. The molecule has 1 saturated heterocycles. The largest absolute Gasteiger partial charge is 0.329 e. The quantitative estimate of drug-likeness (QED) is 0.912. The molecule has 0 spiro atoms. The number of hydrogen-bond acceptors (Lipinski definition) is 2. The number of carbonyl (C=O) groups is 1. The van der Waals surface area contributed by atoms with Crippen molar-refractivity contribution >= 4 is 6.03 Å². The van der Waals surface area contributed by atoms with E-state index in [0.29, 0.717) is 13.1 Å². The summed E-state index contributed by atoms with van der Waals surface area (Å²) < 4.78 is 0. The van der Waals surface area contributed by atoms with E-state index in [2.05, 4.69) is 10.3 Å². The molecular formula is C15H15N3O. The molecule has 2 aromatic rings. The molecule has 0 bridgehead atoms. The van der Waals surface area contributed by atoms with E-state index in [-0.39, 0.29) is 12.1 Å². The van der Waals surface area contributed by atoms with Gasteiger partial charge in [0.1, 0.15) is 0 Å². The van der Waals surface area contributed by atoms with Crippen molar-refractivity contribution in [2.24, 2.45) is 0 Å². The van der Waals surface area contributed by atoms with E-state index < -0.39 is 0 Å². The Hall–Kier alpha value is -2.36. The van der Waals surface area contributed by atoms with Crippen LogP contribution in [0.4, 0.5) is 4.79 Å². The topological polar surface area (TPSA) is 45.2 Å². The molecule has 19 heavy (non-hydrogen) atoms. The standard InChI is InChI=1S/C15H15N3O/c19-15-17-14(13-4-2-1-3-5-13)11-18(15)10-12-6-8-16-9-7-12/h1-9,14H,10-11H2,(H,17,19)/t14-/m0/s1. The van der Waals surface area contributed by atoms with Gasteiger partial charge in [-0.3, -0.25) is 4.98 Å². The molecule has 4 nitrogen and oxygen atoms in total. The van der Waals surface area contributed by atoms with Crippen molar-refractivity contribution in [3.05, 3.63) is 66.0 Å². The Bertz CT molecular complexity index is 556. The van der Waals surface area contributed by atoms with Crippen molar-refractivity contribution in [2.75, 3.05) is 6.54 Å². The van der Waals surface area contributed by atoms with Crippen molar-refractivity contribution < 1.29 is 4.79 Å². The van der Waals surface area contributed by atoms with Gasteiger partial charge in [-0.25, -0.2) is 4.79 Å². The zero-order valence-electron chi connectivity index (χ0n) is 10.5. The lowest BCUT2D eigenvalue weighted by Crippen LogP contribution is -2.27. The van der Waals surface area contributed by atoms with Crippen LogP contribution in [0.2, 0.25) is 0 Å². The van der Waals surface area contributed by atoms with E-state index in [9.17, 15) is 4.79 Å². The van der Waals surface area contributed by atoms with Gasteiger partial charge in [0.25, 0.3) is 0 Å². The number of urea groups is 1. The van der Waals surface area contributed by atoms with E-state index >= 15 is 0 Å². The van der Waals surface area contributed by atoms with Gasteiger partial charge in [0, 0.05) is 25.5 Å². The monoisotopic (exact) mass is 253 g/mol. The van der Waals surface area contributed by atoms with E-state index in [1.807, 2.05) is 47.4 Å². The zero-order chi connectivity index (χ0) is 13.1. The van der Waals surface area contributed by atoms with Crippen molar-refractivity contribution in [3.63, 3.8) is 0 Å². The Kier molecular flexibility index (Phi) is 3.14. The van der Waals surface area contributed by atoms with Gasteiger partial charge < -0.3 is 10.2 Å².